The highest BCUT2D eigenvalue weighted by atomic mass is 16.3. The molecule has 0 aliphatic carbocycles. The number of hydrogen-bond donors (Lipinski definition) is 2. The minimum absolute atomic E-state index is 0.0926. The van der Waals surface area contributed by atoms with Crippen LogP contribution < -0.4 is 5.73 Å². The van der Waals surface area contributed by atoms with Crippen LogP contribution in [0.15, 0.2) is 18.2 Å². The predicted molar refractivity (Wildman–Crippen MR) is 45.0 cm³/mol. The summed E-state index contributed by atoms with van der Waals surface area (Å²) in [5.74, 6) is 4.85. The normalized spacial score (nSPS) is 7.92. The zero-order valence-corrected chi connectivity index (χ0v) is 6.20. The van der Waals surface area contributed by atoms with E-state index < -0.39 is 0 Å². The molecule has 0 bridgehead atoms. The Kier molecular flexibility index (Phi) is 2.20. The van der Waals surface area contributed by atoms with Crippen molar-refractivity contribution in [1.29, 1.82) is 5.26 Å². The topological polar surface area (TPSA) is 70.0 Å². The second-order valence-corrected chi connectivity index (χ2v) is 2.13. The Morgan fingerprint density at radius 2 is 2.17 bits per heavy atom. The number of rotatable bonds is 0. The number of aromatic hydroxyl groups is 1. The van der Waals surface area contributed by atoms with Gasteiger partial charge < -0.3 is 10.8 Å². The molecule has 0 amide bonds. The monoisotopic (exact) mass is 158 g/mol. The van der Waals surface area contributed by atoms with Gasteiger partial charge in [0.2, 0.25) is 0 Å². The molecular formula is C9H6N2O. The van der Waals surface area contributed by atoms with Crippen molar-refractivity contribution in [3.63, 3.8) is 0 Å². The van der Waals surface area contributed by atoms with Gasteiger partial charge in [0.05, 0.1) is 5.69 Å². The average Bonchev–Trinajstić information content (AvgIpc) is 2.03. The zero-order chi connectivity index (χ0) is 8.97. The third-order valence-corrected chi connectivity index (χ3v) is 1.29. The molecule has 0 aliphatic rings. The van der Waals surface area contributed by atoms with Gasteiger partial charge in [-0.3, -0.25) is 0 Å². The number of benzene rings is 1. The number of nitrogen functional groups attached to an aromatic ring is 1. The molecule has 1 aromatic rings. The third-order valence-electron chi connectivity index (χ3n) is 1.29. The zero-order valence-electron chi connectivity index (χ0n) is 6.20. The van der Waals surface area contributed by atoms with E-state index in [0.29, 0.717) is 11.3 Å². The summed E-state index contributed by atoms with van der Waals surface area (Å²) in [7, 11) is 0. The van der Waals surface area contributed by atoms with Crippen molar-refractivity contribution >= 4 is 5.69 Å². The largest absolute Gasteiger partial charge is 0.508 e. The fraction of sp³-hybridized carbons (Fsp3) is 0. The summed E-state index contributed by atoms with van der Waals surface area (Å²) in [5.41, 5.74) is 6.41. The van der Waals surface area contributed by atoms with Crippen LogP contribution in [0.4, 0.5) is 5.69 Å². The number of hydrogen-bond acceptors (Lipinski definition) is 3. The van der Waals surface area contributed by atoms with E-state index >= 15 is 0 Å². The molecule has 3 heteroatoms. The van der Waals surface area contributed by atoms with E-state index in [0.717, 1.165) is 0 Å². The summed E-state index contributed by atoms with van der Waals surface area (Å²) in [6.07, 6.45) is 0. The van der Waals surface area contributed by atoms with E-state index in [1.807, 2.05) is 0 Å². The molecule has 1 aromatic carbocycles. The van der Waals surface area contributed by atoms with Crippen molar-refractivity contribution in [3.05, 3.63) is 23.8 Å². The van der Waals surface area contributed by atoms with Gasteiger partial charge in [-0.15, -0.1) is 0 Å². The Balaban J connectivity index is 3.12. The van der Waals surface area contributed by atoms with Crippen LogP contribution in [0.25, 0.3) is 0 Å². The highest BCUT2D eigenvalue weighted by Crippen LogP contribution is 2.17. The minimum Gasteiger partial charge on any atom is -0.508 e. The van der Waals surface area contributed by atoms with E-state index in [1.165, 1.54) is 12.1 Å². The number of nitrogens with two attached hydrogens (primary N) is 1. The van der Waals surface area contributed by atoms with Gasteiger partial charge in [0, 0.05) is 17.6 Å². The average molecular weight is 158 g/mol. The van der Waals surface area contributed by atoms with Crippen molar-refractivity contribution in [2.45, 2.75) is 0 Å². The minimum atomic E-state index is 0.0926. The van der Waals surface area contributed by atoms with E-state index in [4.69, 9.17) is 16.1 Å². The number of nitriles is 1. The van der Waals surface area contributed by atoms with Crippen LogP contribution >= 0.6 is 0 Å². The van der Waals surface area contributed by atoms with E-state index in [9.17, 15) is 0 Å². The summed E-state index contributed by atoms with van der Waals surface area (Å²) in [6, 6.07) is 6.10. The Labute approximate surface area is 70.1 Å². The van der Waals surface area contributed by atoms with Crippen LogP contribution in [0.3, 0.4) is 0 Å². The molecule has 0 heterocycles. The summed E-state index contributed by atoms with van der Waals surface area (Å²) in [5, 5.41) is 17.1. The Morgan fingerprint density at radius 1 is 1.42 bits per heavy atom. The predicted octanol–water partition coefficient (Wildman–Crippen LogP) is 0.849. The number of phenolic OH excluding ortho intramolecular Hbond substituents is 1. The smallest absolute Gasteiger partial charge is 0.152 e. The maximum atomic E-state index is 8.97. The molecule has 1 rings (SSSR count). The molecule has 0 unspecified atom stereocenters. The first-order valence-corrected chi connectivity index (χ1v) is 3.22. The molecule has 3 N–H and O–H groups in total. The van der Waals surface area contributed by atoms with Crippen molar-refractivity contribution in [1.82, 2.24) is 0 Å². The van der Waals surface area contributed by atoms with Gasteiger partial charge in [0.15, 0.2) is 6.07 Å². The summed E-state index contributed by atoms with van der Waals surface area (Å²) >= 11 is 0. The molecule has 12 heavy (non-hydrogen) atoms. The summed E-state index contributed by atoms with van der Waals surface area (Å²) in [6.45, 7) is 0. The molecule has 3 nitrogen and oxygen atoms in total. The Bertz CT molecular complexity index is 393. The van der Waals surface area contributed by atoms with Gasteiger partial charge in [-0.2, -0.15) is 5.26 Å². The van der Waals surface area contributed by atoms with Crippen LogP contribution in [0.2, 0.25) is 0 Å². The number of nitrogens with zero attached hydrogens (tertiary/aromatic N) is 1. The molecule has 0 fully saturated rings. The highest BCUT2D eigenvalue weighted by Gasteiger charge is 1.95. The maximum absolute atomic E-state index is 8.97. The first-order valence-electron chi connectivity index (χ1n) is 3.22. The van der Waals surface area contributed by atoms with Crippen molar-refractivity contribution in [2.24, 2.45) is 0 Å². The fourth-order valence-electron chi connectivity index (χ4n) is 0.759. The first kappa shape index (κ1) is 7.97. The van der Waals surface area contributed by atoms with Gasteiger partial charge >= 0.3 is 0 Å². The SMILES string of the molecule is N#CC#Cc1ccc(O)cc1N. The molecule has 0 aromatic heterocycles. The summed E-state index contributed by atoms with van der Waals surface area (Å²) in [4.78, 5) is 0. The van der Waals surface area contributed by atoms with Crippen LogP contribution in [0, 0.1) is 23.2 Å². The molecule has 0 aliphatic heterocycles. The van der Waals surface area contributed by atoms with E-state index in [-0.39, 0.29) is 5.75 Å². The van der Waals surface area contributed by atoms with Gasteiger partial charge in [0.25, 0.3) is 0 Å². The van der Waals surface area contributed by atoms with Crippen molar-refractivity contribution in [2.75, 3.05) is 5.73 Å². The van der Waals surface area contributed by atoms with Gasteiger partial charge in [0.1, 0.15) is 5.75 Å². The van der Waals surface area contributed by atoms with Crippen LogP contribution in [0.5, 0.6) is 5.75 Å². The third kappa shape index (κ3) is 1.68. The number of phenols is 1. The molecular weight excluding hydrogens is 152 g/mol. The highest BCUT2D eigenvalue weighted by molar-refractivity contribution is 5.59. The maximum Gasteiger partial charge on any atom is 0.152 e. The first-order chi connectivity index (χ1) is 5.74. The van der Waals surface area contributed by atoms with E-state index in [2.05, 4.69) is 11.8 Å². The second kappa shape index (κ2) is 3.32. The quantitative estimate of drug-likeness (QED) is 0.434. The Morgan fingerprint density at radius 3 is 2.75 bits per heavy atom. The van der Waals surface area contributed by atoms with E-state index in [1.54, 1.807) is 12.1 Å². The molecule has 58 valence electrons. The Hall–Kier alpha value is -2.13. The summed E-state index contributed by atoms with van der Waals surface area (Å²) < 4.78 is 0. The lowest BCUT2D eigenvalue weighted by atomic mass is 10.2. The van der Waals surface area contributed by atoms with Crippen LogP contribution in [-0.4, -0.2) is 5.11 Å². The lowest BCUT2D eigenvalue weighted by Crippen LogP contribution is -1.88. The van der Waals surface area contributed by atoms with Gasteiger partial charge in [-0.1, -0.05) is 0 Å². The van der Waals surface area contributed by atoms with Crippen molar-refractivity contribution in [3.8, 4) is 23.7 Å². The molecule has 0 saturated carbocycles. The molecule has 0 spiro atoms. The van der Waals surface area contributed by atoms with Gasteiger partial charge in [-0.25, -0.2) is 0 Å². The van der Waals surface area contributed by atoms with Crippen LogP contribution in [-0.2, 0) is 0 Å². The lowest BCUT2D eigenvalue weighted by Gasteiger charge is -1.97. The standard InChI is InChI=1S/C9H6N2O/c10-5-1-2-7-3-4-8(12)6-9(7)11/h3-4,6,12H,11H2. The lowest BCUT2D eigenvalue weighted by molar-refractivity contribution is 0.475. The number of anilines is 1. The van der Waals surface area contributed by atoms with Gasteiger partial charge in [-0.05, 0) is 18.1 Å². The van der Waals surface area contributed by atoms with Crippen LogP contribution in [0.1, 0.15) is 5.56 Å². The van der Waals surface area contributed by atoms with Crippen molar-refractivity contribution < 1.29 is 5.11 Å². The molecule has 0 atom stereocenters. The second-order valence-electron chi connectivity index (χ2n) is 2.13. The molecule has 0 saturated heterocycles. The fourth-order valence-corrected chi connectivity index (χ4v) is 0.759. The molecule has 0 radical (unpaired) electrons.